The minimum atomic E-state index is -0.518. The van der Waals surface area contributed by atoms with E-state index in [1.807, 2.05) is 12.1 Å². The molecule has 204 valence electrons. The van der Waals surface area contributed by atoms with Gasteiger partial charge < -0.3 is 20.3 Å². The second-order valence-electron chi connectivity index (χ2n) is 9.97. The average Bonchev–Trinajstić information content (AvgIpc) is 3.67. The van der Waals surface area contributed by atoms with E-state index in [2.05, 4.69) is 31.2 Å². The summed E-state index contributed by atoms with van der Waals surface area (Å²) < 4.78 is 5.31. The van der Waals surface area contributed by atoms with Crippen molar-refractivity contribution < 1.29 is 19.1 Å². The Morgan fingerprint density at radius 3 is 2.69 bits per heavy atom. The van der Waals surface area contributed by atoms with E-state index in [4.69, 9.17) is 4.74 Å². The van der Waals surface area contributed by atoms with Gasteiger partial charge in [0.2, 0.25) is 0 Å². The zero-order valence-corrected chi connectivity index (χ0v) is 22.4. The number of morpholine rings is 1. The van der Waals surface area contributed by atoms with Gasteiger partial charge in [-0.2, -0.15) is 10.2 Å². The molecule has 12 heteroatoms. The monoisotopic (exact) mass is 549 g/mol. The molecular formula is C27H31N7O4S. The highest BCUT2D eigenvalue weighted by molar-refractivity contribution is 7.15. The number of nitrogens with one attached hydrogen (secondary N) is 3. The molecule has 1 unspecified atom stereocenters. The van der Waals surface area contributed by atoms with Crippen molar-refractivity contribution in [2.45, 2.75) is 25.3 Å². The Kier molecular flexibility index (Phi) is 7.51. The molecule has 1 aromatic heterocycles. The third-order valence-electron chi connectivity index (χ3n) is 7.41. The van der Waals surface area contributed by atoms with Gasteiger partial charge >= 0.3 is 6.03 Å². The van der Waals surface area contributed by atoms with E-state index in [-0.39, 0.29) is 11.7 Å². The number of amides is 3. The normalized spacial score (nSPS) is 21.1. The molecule has 0 radical (unpaired) electrons. The molecule has 3 N–H and O–H groups in total. The maximum Gasteiger partial charge on any atom is 0.333 e. The predicted molar refractivity (Wildman–Crippen MR) is 147 cm³/mol. The summed E-state index contributed by atoms with van der Waals surface area (Å²) in [7, 11) is 0. The second kappa shape index (κ2) is 11.3. The van der Waals surface area contributed by atoms with Crippen LogP contribution < -0.4 is 16.1 Å². The van der Waals surface area contributed by atoms with Crippen molar-refractivity contribution in [3.05, 3.63) is 56.8 Å². The van der Waals surface area contributed by atoms with Crippen molar-refractivity contribution in [3.8, 4) is 0 Å². The first kappa shape index (κ1) is 25.8. The van der Waals surface area contributed by atoms with E-state index in [9.17, 15) is 14.4 Å². The van der Waals surface area contributed by atoms with Gasteiger partial charge in [0.25, 0.3) is 5.91 Å². The number of thiophene rings is 1. The third-order valence-corrected chi connectivity index (χ3v) is 8.50. The summed E-state index contributed by atoms with van der Waals surface area (Å²) in [6.07, 6.45) is 3.72. The molecule has 1 aliphatic carbocycles. The summed E-state index contributed by atoms with van der Waals surface area (Å²) in [6.45, 7) is 5.92. The lowest BCUT2D eigenvalue weighted by Crippen LogP contribution is -2.49. The number of ether oxygens (including phenoxy) is 1. The Hall–Kier alpha value is -3.45. The molecule has 2 fully saturated rings. The average molecular weight is 550 g/mol. The number of hydrazine groups is 1. The Balaban J connectivity index is 1.15. The van der Waals surface area contributed by atoms with Crippen molar-refractivity contribution in [1.29, 1.82) is 0 Å². The molecule has 2 saturated heterocycles. The molecule has 0 spiro atoms. The Bertz CT molecular complexity index is 1340. The summed E-state index contributed by atoms with van der Waals surface area (Å²) in [5.74, 6) is -0.336. The summed E-state index contributed by atoms with van der Waals surface area (Å²) >= 11 is 1.30. The maximum atomic E-state index is 13.6. The summed E-state index contributed by atoms with van der Waals surface area (Å²) in [5, 5.41) is 16.4. The van der Waals surface area contributed by atoms with E-state index in [1.54, 1.807) is 23.2 Å². The fraction of sp³-hybridized carbons (Fsp3) is 0.444. The Morgan fingerprint density at radius 2 is 1.87 bits per heavy atom. The molecule has 0 saturated carbocycles. The first-order valence-electron chi connectivity index (χ1n) is 13.4. The minimum absolute atomic E-state index is 0.126. The van der Waals surface area contributed by atoms with Crippen LogP contribution in [0.15, 0.2) is 46.1 Å². The number of likely N-dealkylation sites (tertiary alicyclic amines) is 1. The van der Waals surface area contributed by atoms with E-state index < -0.39 is 12.1 Å². The number of carbonyl (C=O) groups is 3. The van der Waals surface area contributed by atoms with Crippen LogP contribution in [0.3, 0.4) is 0 Å². The number of nitrogens with zero attached hydrogens (tertiary/aromatic N) is 4. The number of ketones is 1. The number of fused-ring (bicyclic) bond motifs is 3. The number of anilines is 1. The third kappa shape index (κ3) is 5.37. The van der Waals surface area contributed by atoms with Crippen LogP contribution in [-0.4, -0.2) is 80.1 Å². The van der Waals surface area contributed by atoms with Crippen molar-refractivity contribution in [2.24, 2.45) is 10.2 Å². The molecule has 11 nitrogen and oxygen atoms in total. The lowest BCUT2D eigenvalue weighted by Gasteiger charge is -2.27. The molecule has 39 heavy (non-hydrogen) atoms. The number of hydrogen-bond acceptors (Lipinski definition) is 9. The van der Waals surface area contributed by atoms with Gasteiger partial charge in [0.05, 0.1) is 39.8 Å². The molecular weight excluding hydrogens is 518 g/mol. The molecule has 3 amide bonds. The van der Waals surface area contributed by atoms with Crippen LogP contribution >= 0.6 is 11.3 Å². The summed E-state index contributed by atoms with van der Waals surface area (Å²) in [4.78, 5) is 42.7. The van der Waals surface area contributed by atoms with Gasteiger partial charge in [-0.05, 0) is 49.7 Å². The minimum Gasteiger partial charge on any atom is -0.379 e. The fourth-order valence-corrected chi connectivity index (χ4v) is 6.35. The van der Waals surface area contributed by atoms with Crippen molar-refractivity contribution >= 4 is 40.4 Å². The van der Waals surface area contributed by atoms with Crippen molar-refractivity contribution in [2.75, 3.05) is 57.8 Å². The Morgan fingerprint density at radius 1 is 1.05 bits per heavy atom. The predicted octanol–water partition coefficient (Wildman–Crippen LogP) is 3.45. The summed E-state index contributed by atoms with van der Waals surface area (Å²) in [6, 6.07) is 8.00. The highest BCUT2D eigenvalue weighted by Gasteiger charge is 2.42. The Labute approximate surface area is 230 Å². The van der Waals surface area contributed by atoms with Gasteiger partial charge in [-0.1, -0.05) is 18.6 Å². The SMILES string of the molecule is O=C(Nc1cccc2c1C(=O)C1=C(c3ccc(C(=O)NCCN4CCCCC4)s3)N=NC12)NN1CCOCC1. The van der Waals surface area contributed by atoms with E-state index >= 15 is 0 Å². The first-order chi connectivity index (χ1) is 19.1. The number of hydrogen-bond donors (Lipinski definition) is 3. The van der Waals surface area contributed by atoms with E-state index in [0.717, 1.165) is 24.5 Å². The standard InChI is InChI=1S/C27H31N7O4S/c35-25-21-17(5-4-6-18(21)29-27(37)32-34-13-15-38-16-14-34)23-22(25)24(31-30-23)19-7-8-20(39-19)26(36)28-9-12-33-10-2-1-3-11-33/h4-8,23H,1-3,9-16H2,(H,28,36)(H2,29,32,37). The van der Waals surface area contributed by atoms with Crippen LogP contribution in [0, 0.1) is 0 Å². The number of rotatable bonds is 7. The van der Waals surface area contributed by atoms with E-state index in [0.29, 0.717) is 65.8 Å². The zero-order chi connectivity index (χ0) is 26.8. The van der Waals surface area contributed by atoms with Crippen LogP contribution in [0.1, 0.15) is 55.8 Å². The number of urea groups is 1. The maximum absolute atomic E-state index is 13.6. The van der Waals surface area contributed by atoms with E-state index in [1.165, 1.54) is 30.6 Å². The lowest BCUT2D eigenvalue weighted by atomic mass is 10.1. The van der Waals surface area contributed by atoms with Gasteiger partial charge in [0, 0.05) is 26.2 Å². The van der Waals surface area contributed by atoms with Crippen LogP contribution in [0.4, 0.5) is 10.5 Å². The van der Waals surface area contributed by atoms with Crippen molar-refractivity contribution in [1.82, 2.24) is 20.7 Å². The van der Waals surface area contributed by atoms with Crippen LogP contribution in [0.2, 0.25) is 0 Å². The number of carbonyl (C=O) groups excluding carboxylic acids is 3. The van der Waals surface area contributed by atoms with Gasteiger partial charge in [0.1, 0.15) is 11.7 Å². The van der Waals surface area contributed by atoms with Crippen LogP contribution in [0.5, 0.6) is 0 Å². The fourth-order valence-electron chi connectivity index (χ4n) is 5.43. The smallest absolute Gasteiger partial charge is 0.333 e. The summed E-state index contributed by atoms with van der Waals surface area (Å²) in [5.41, 5.74) is 5.34. The largest absolute Gasteiger partial charge is 0.379 e. The van der Waals surface area contributed by atoms with Crippen LogP contribution in [0.25, 0.3) is 5.70 Å². The highest BCUT2D eigenvalue weighted by Crippen LogP contribution is 2.49. The molecule has 6 rings (SSSR count). The van der Waals surface area contributed by atoms with Crippen LogP contribution in [-0.2, 0) is 4.74 Å². The zero-order valence-electron chi connectivity index (χ0n) is 21.6. The molecule has 3 aliphatic heterocycles. The first-order valence-corrected chi connectivity index (χ1v) is 14.2. The van der Waals surface area contributed by atoms with Crippen molar-refractivity contribution in [3.63, 3.8) is 0 Å². The van der Waals surface area contributed by atoms with Gasteiger partial charge in [-0.3, -0.25) is 15.0 Å². The molecule has 1 atom stereocenters. The van der Waals surface area contributed by atoms with Gasteiger partial charge in [-0.15, -0.1) is 11.3 Å². The molecule has 2 aromatic rings. The number of Topliss-reactive ketones (excluding diaryl/α,β-unsaturated/α-hetero) is 1. The quantitative estimate of drug-likeness (QED) is 0.486. The van der Waals surface area contributed by atoms with Gasteiger partial charge in [0.15, 0.2) is 5.78 Å². The number of piperidine rings is 1. The molecule has 4 heterocycles. The molecule has 4 aliphatic rings. The highest BCUT2D eigenvalue weighted by atomic mass is 32.1. The molecule has 1 aromatic carbocycles. The second-order valence-corrected chi connectivity index (χ2v) is 11.1. The number of azo groups is 1. The number of benzene rings is 1. The lowest BCUT2D eigenvalue weighted by molar-refractivity contribution is 0.0207. The topological polar surface area (TPSA) is 128 Å². The molecule has 0 bridgehead atoms. The van der Waals surface area contributed by atoms with Gasteiger partial charge in [-0.25, -0.2) is 9.80 Å².